The van der Waals surface area contributed by atoms with E-state index in [9.17, 15) is 4.79 Å². The van der Waals surface area contributed by atoms with E-state index < -0.39 is 0 Å². The lowest BCUT2D eigenvalue weighted by Crippen LogP contribution is -2.41. The molecule has 2 N–H and O–H groups in total. The molecule has 1 atom stereocenters. The molecule has 0 bridgehead atoms. The summed E-state index contributed by atoms with van der Waals surface area (Å²) in [4.78, 5) is 12.5. The Bertz CT molecular complexity index is 428. The maximum atomic E-state index is 12.5. The van der Waals surface area contributed by atoms with Gasteiger partial charge in [0.05, 0.1) is 16.8 Å². The number of nitrogens with one attached hydrogen (secondary N) is 2. The van der Waals surface area contributed by atoms with Gasteiger partial charge in [0.1, 0.15) is 0 Å². The molecule has 1 aromatic carbocycles. The van der Waals surface area contributed by atoms with Gasteiger partial charge in [0.25, 0.3) is 0 Å². The Morgan fingerprint density at radius 2 is 1.95 bits per heavy atom. The van der Waals surface area contributed by atoms with Gasteiger partial charge in [0, 0.05) is 0 Å². The summed E-state index contributed by atoms with van der Waals surface area (Å²) in [6.07, 6.45) is 5.19. The highest BCUT2D eigenvalue weighted by molar-refractivity contribution is 6.34. The van der Waals surface area contributed by atoms with E-state index in [0.717, 1.165) is 49.9 Å². The number of anilines is 1. The standard InChI is InChI=1S/C17H27ClN2O/c1-4-6-11-15(19-12-7-5-2)17(21)20-16-13(3)9-8-10-14(16)18/h8-10,15,19H,4-7,11-12H2,1-3H3,(H,20,21). The van der Waals surface area contributed by atoms with Crippen LogP contribution in [-0.4, -0.2) is 18.5 Å². The number of hydrogen-bond acceptors (Lipinski definition) is 2. The second kappa shape index (κ2) is 9.80. The molecule has 0 saturated heterocycles. The second-order valence-electron chi connectivity index (χ2n) is 5.42. The molecule has 21 heavy (non-hydrogen) atoms. The summed E-state index contributed by atoms with van der Waals surface area (Å²) in [6.45, 7) is 7.11. The fraction of sp³-hybridized carbons (Fsp3) is 0.588. The highest BCUT2D eigenvalue weighted by Gasteiger charge is 2.18. The number of unbranched alkanes of at least 4 members (excludes halogenated alkanes) is 2. The van der Waals surface area contributed by atoms with Crippen molar-refractivity contribution >= 4 is 23.2 Å². The molecule has 0 saturated carbocycles. The van der Waals surface area contributed by atoms with Gasteiger partial charge >= 0.3 is 0 Å². The predicted octanol–water partition coefficient (Wildman–Crippen LogP) is 4.54. The third-order valence-electron chi connectivity index (χ3n) is 3.55. The molecule has 1 aromatic rings. The zero-order valence-corrected chi connectivity index (χ0v) is 14.1. The first-order valence-electron chi connectivity index (χ1n) is 7.89. The third-order valence-corrected chi connectivity index (χ3v) is 3.87. The number of halogens is 1. The molecular formula is C17H27ClN2O. The molecule has 3 nitrogen and oxygen atoms in total. The van der Waals surface area contributed by atoms with Crippen LogP contribution < -0.4 is 10.6 Å². The average Bonchev–Trinajstić information content (AvgIpc) is 2.46. The minimum Gasteiger partial charge on any atom is -0.323 e. The number of para-hydroxylation sites is 1. The quantitative estimate of drug-likeness (QED) is 0.658. The van der Waals surface area contributed by atoms with Crippen molar-refractivity contribution in [3.63, 3.8) is 0 Å². The summed E-state index contributed by atoms with van der Waals surface area (Å²) < 4.78 is 0. The number of benzene rings is 1. The predicted molar refractivity (Wildman–Crippen MR) is 91.0 cm³/mol. The molecule has 0 fully saturated rings. The maximum absolute atomic E-state index is 12.5. The topological polar surface area (TPSA) is 41.1 Å². The lowest BCUT2D eigenvalue weighted by molar-refractivity contribution is -0.118. The van der Waals surface area contributed by atoms with E-state index in [-0.39, 0.29) is 11.9 Å². The monoisotopic (exact) mass is 310 g/mol. The van der Waals surface area contributed by atoms with Gasteiger partial charge < -0.3 is 10.6 Å². The molecule has 1 rings (SSSR count). The van der Waals surface area contributed by atoms with E-state index in [4.69, 9.17) is 11.6 Å². The largest absolute Gasteiger partial charge is 0.323 e. The normalized spacial score (nSPS) is 12.2. The molecule has 4 heteroatoms. The second-order valence-corrected chi connectivity index (χ2v) is 5.83. The van der Waals surface area contributed by atoms with Crippen LogP contribution in [0.5, 0.6) is 0 Å². The number of amides is 1. The van der Waals surface area contributed by atoms with Gasteiger partial charge in [-0.15, -0.1) is 0 Å². The van der Waals surface area contributed by atoms with Crippen molar-refractivity contribution in [2.75, 3.05) is 11.9 Å². The van der Waals surface area contributed by atoms with Crippen LogP contribution in [0.1, 0.15) is 51.5 Å². The summed E-state index contributed by atoms with van der Waals surface area (Å²) in [6, 6.07) is 5.50. The Kier molecular flexibility index (Phi) is 8.40. The highest BCUT2D eigenvalue weighted by Crippen LogP contribution is 2.25. The van der Waals surface area contributed by atoms with Crippen molar-refractivity contribution in [3.05, 3.63) is 28.8 Å². The van der Waals surface area contributed by atoms with Crippen molar-refractivity contribution in [2.24, 2.45) is 0 Å². The van der Waals surface area contributed by atoms with Crippen LogP contribution in [0.4, 0.5) is 5.69 Å². The van der Waals surface area contributed by atoms with Crippen molar-refractivity contribution in [3.8, 4) is 0 Å². The first-order valence-corrected chi connectivity index (χ1v) is 8.27. The molecule has 0 radical (unpaired) electrons. The smallest absolute Gasteiger partial charge is 0.241 e. The van der Waals surface area contributed by atoms with Crippen molar-refractivity contribution in [1.29, 1.82) is 0 Å². The number of rotatable bonds is 9. The summed E-state index contributed by atoms with van der Waals surface area (Å²) >= 11 is 6.17. The van der Waals surface area contributed by atoms with Crippen LogP contribution in [0.25, 0.3) is 0 Å². The fourth-order valence-corrected chi connectivity index (χ4v) is 2.46. The summed E-state index contributed by atoms with van der Waals surface area (Å²) in [5.74, 6) is 0.00996. The highest BCUT2D eigenvalue weighted by atomic mass is 35.5. The lowest BCUT2D eigenvalue weighted by Gasteiger charge is -2.19. The van der Waals surface area contributed by atoms with Gasteiger partial charge in [0.2, 0.25) is 5.91 Å². The van der Waals surface area contributed by atoms with E-state index in [1.165, 1.54) is 0 Å². The third kappa shape index (κ3) is 6.06. The zero-order valence-electron chi connectivity index (χ0n) is 13.3. The van der Waals surface area contributed by atoms with E-state index >= 15 is 0 Å². The number of aryl methyl sites for hydroxylation is 1. The van der Waals surface area contributed by atoms with E-state index in [0.29, 0.717) is 5.02 Å². The molecule has 0 aromatic heterocycles. The van der Waals surface area contributed by atoms with Gasteiger partial charge in [-0.1, -0.05) is 56.8 Å². The van der Waals surface area contributed by atoms with Crippen LogP contribution in [0.15, 0.2) is 18.2 Å². The van der Waals surface area contributed by atoms with Crippen LogP contribution in [0.3, 0.4) is 0 Å². The summed E-state index contributed by atoms with van der Waals surface area (Å²) in [5, 5.41) is 6.93. The van der Waals surface area contributed by atoms with Crippen LogP contribution in [0.2, 0.25) is 5.02 Å². The molecule has 0 spiro atoms. The Balaban J connectivity index is 2.70. The molecule has 0 aliphatic rings. The minimum absolute atomic E-state index is 0.00996. The van der Waals surface area contributed by atoms with Crippen molar-refractivity contribution in [1.82, 2.24) is 5.32 Å². The Labute approximate surface area is 133 Å². The summed E-state index contributed by atoms with van der Waals surface area (Å²) in [7, 11) is 0. The molecule has 0 aliphatic heterocycles. The SMILES string of the molecule is CCCCNC(CCCC)C(=O)Nc1c(C)cccc1Cl. The zero-order chi connectivity index (χ0) is 15.7. The Morgan fingerprint density at radius 3 is 2.57 bits per heavy atom. The molecule has 0 aliphatic carbocycles. The maximum Gasteiger partial charge on any atom is 0.241 e. The Hall–Kier alpha value is -1.06. The number of hydrogen-bond donors (Lipinski definition) is 2. The molecule has 1 amide bonds. The number of carbonyl (C=O) groups is 1. The van der Waals surface area contributed by atoms with Crippen LogP contribution in [-0.2, 0) is 4.79 Å². The van der Waals surface area contributed by atoms with Gasteiger partial charge in [-0.3, -0.25) is 4.79 Å². The van der Waals surface area contributed by atoms with Gasteiger partial charge in [-0.05, 0) is 37.9 Å². The van der Waals surface area contributed by atoms with Gasteiger partial charge in [-0.2, -0.15) is 0 Å². The van der Waals surface area contributed by atoms with E-state index in [1.807, 2.05) is 19.1 Å². The van der Waals surface area contributed by atoms with E-state index in [2.05, 4.69) is 24.5 Å². The van der Waals surface area contributed by atoms with Crippen LogP contribution >= 0.6 is 11.6 Å². The minimum atomic E-state index is -0.146. The number of carbonyl (C=O) groups excluding carboxylic acids is 1. The average molecular weight is 311 g/mol. The Morgan fingerprint density at radius 1 is 1.24 bits per heavy atom. The molecule has 1 unspecified atom stereocenters. The molecule has 0 heterocycles. The van der Waals surface area contributed by atoms with E-state index in [1.54, 1.807) is 6.07 Å². The van der Waals surface area contributed by atoms with Crippen LogP contribution in [0, 0.1) is 6.92 Å². The van der Waals surface area contributed by atoms with Gasteiger partial charge in [0.15, 0.2) is 0 Å². The van der Waals surface area contributed by atoms with Gasteiger partial charge in [-0.25, -0.2) is 0 Å². The fourth-order valence-electron chi connectivity index (χ4n) is 2.19. The first-order chi connectivity index (χ1) is 10.1. The van der Waals surface area contributed by atoms with Crippen molar-refractivity contribution < 1.29 is 4.79 Å². The first kappa shape index (κ1) is 18.0. The summed E-state index contributed by atoms with van der Waals surface area (Å²) in [5.41, 5.74) is 1.71. The lowest BCUT2D eigenvalue weighted by atomic mass is 10.1. The molecular weight excluding hydrogens is 284 g/mol. The van der Waals surface area contributed by atoms with Crippen molar-refractivity contribution in [2.45, 2.75) is 58.9 Å². The molecule has 118 valence electrons.